The highest BCUT2D eigenvalue weighted by molar-refractivity contribution is 9.10. The SMILES string of the molecule is ClC(Cl)[SiH2]CCCc1ccc(Br)cc1. The van der Waals surface area contributed by atoms with Crippen LogP contribution in [0.15, 0.2) is 28.7 Å². The van der Waals surface area contributed by atoms with Gasteiger partial charge in [-0.2, -0.15) is 0 Å². The van der Waals surface area contributed by atoms with E-state index in [2.05, 4.69) is 40.2 Å². The number of hydrogen-bond donors (Lipinski definition) is 0. The van der Waals surface area contributed by atoms with Crippen LogP contribution in [0.5, 0.6) is 0 Å². The predicted molar refractivity (Wildman–Crippen MR) is 71.3 cm³/mol. The van der Waals surface area contributed by atoms with Gasteiger partial charge in [0.15, 0.2) is 0 Å². The largest absolute Gasteiger partial charge is 0.110 e. The number of halogens is 3. The molecule has 0 saturated heterocycles. The van der Waals surface area contributed by atoms with Gasteiger partial charge in [-0.05, 0) is 24.1 Å². The van der Waals surface area contributed by atoms with Crippen LogP contribution in [0.1, 0.15) is 12.0 Å². The van der Waals surface area contributed by atoms with Gasteiger partial charge in [0.1, 0.15) is 0 Å². The van der Waals surface area contributed by atoms with E-state index in [4.69, 9.17) is 23.2 Å². The van der Waals surface area contributed by atoms with Gasteiger partial charge in [0, 0.05) is 4.47 Å². The van der Waals surface area contributed by atoms with Crippen molar-refractivity contribution < 1.29 is 0 Å². The molecule has 0 radical (unpaired) electrons. The first kappa shape index (κ1) is 12.6. The lowest BCUT2D eigenvalue weighted by molar-refractivity contribution is 0.913. The first-order valence-electron chi connectivity index (χ1n) is 4.71. The Morgan fingerprint density at radius 2 is 1.86 bits per heavy atom. The van der Waals surface area contributed by atoms with Crippen molar-refractivity contribution in [3.63, 3.8) is 0 Å². The minimum Gasteiger partial charge on any atom is -0.110 e. The van der Waals surface area contributed by atoms with E-state index in [1.165, 1.54) is 18.0 Å². The lowest BCUT2D eigenvalue weighted by atomic mass is 10.1. The Kier molecular flexibility index (Phi) is 6.18. The van der Waals surface area contributed by atoms with Crippen molar-refractivity contribution in [2.45, 2.75) is 23.3 Å². The zero-order valence-corrected chi connectivity index (χ0v) is 12.4. The minimum atomic E-state index is -0.256. The maximum atomic E-state index is 5.70. The van der Waals surface area contributed by atoms with Crippen molar-refractivity contribution in [3.05, 3.63) is 34.3 Å². The zero-order chi connectivity index (χ0) is 10.4. The van der Waals surface area contributed by atoms with E-state index in [1.54, 1.807) is 0 Å². The fraction of sp³-hybridized carbons (Fsp3) is 0.400. The second-order valence-electron chi connectivity index (χ2n) is 3.26. The van der Waals surface area contributed by atoms with E-state index in [0.717, 1.165) is 10.9 Å². The van der Waals surface area contributed by atoms with Crippen LogP contribution in [-0.4, -0.2) is 14.0 Å². The molecule has 0 atom stereocenters. The molecule has 14 heavy (non-hydrogen) atoms. The smallest absolute Gasteiger partial charge is 0.0908 e. The van der Waals surface area contributed by atoms with E-state index in [9.17, 15) is 0 Å². The van der Waals surface area contributed by atoms with Gasteiger partial charge in [0.05, 0.1) is 14.0 Å². The fourth-order valence-corrected chi connectivity index (χ4v) is 3.32. The van der Waals surface area contributed by atoms with Gasteiger partial charge in [-0.15, -0.1) is 23.2 Å². The van der Waals surface area contributed by atoms with Crippen LogP contribution in [-0.2, 0) is 6.42 Å². The summed E-state index contributed by atoms with van der Waals surface area (Å²) >= 11 is 14.8. The van der Waals surface area contributed by atoms with Gasteiger partial charge < -0.3 is 0 Å². The summed E-state index contributed by atoms with van der Waals surface area (Å²) < 4.78 is 1.07. The molecular weight excluding hydrogens is 299 g/mol. The molecule has 0 saturated carbocycles. The first-order chi connectivity index (χ1) is 6.68. The summed E-state index contributed by atoms with van der Waals surface area (Å²) in [7, 11) is -0.256. The van der Waals surface area contributed by atoms with E-state index >= 15 is 0 Å². The molecule has 1 aromatic carbocycles. The highest BCUT2D eigenvalue weighted by atomic mass is 79.9. The molecule has 0 unspecified atom stereocenters. The van der Waals surface area contributed by atoms with Crippen LogP contribution in [0.3, 0.4) is 0 Å². The van der Waals surface area contributed by atoms with Crippen LogP contribution >= 0.6 is 39.1 Å². The average Bonchev–Trinajstić information content (AvgIpc) is 2.15. The van der Waals surface area contributed by atoms with Gasteiger partial charge in [-0.25, -0.2) is 0 Å². The number of rotatable bonds is 5. The molecule has 0 aliphatic carbocycles. The molecule has 0 heterocycles. The zero-order valence-electron chi connectivity index (χ0n) is 7.85. The number of alkyl halides is 2. The molecule has 4 heteroatoms. The van der Waals surface area contributed by atoms with Crippen molar-refractivity contribution in [2.24, 2.45) is 0 Å². The molecule has 0 N–H and O–H groups in total. The monoisotopic (exact) mass is 310 g/mol. The minimum absolute atomic E-state index is 0.0695. The fourth-order valence-electron chi connectivity index (χ4n) is 1.28. The highest BCUT2D eigenvalue weighted by Crippen LogP contribution is 2.13. The molecule has 0 aromatic heterocycles. The summed E-state index contributed by atoms with van der Waals surface area (Å²) in [6, 6.07) is 9.71. The quantitative estimate of drug-likeness (QED) is 0.441. The average molecular weight is 312 g/mol. The van der Waals surface area contributed by atoms with Gasteiger partial charge in [0.2, 0.25) is 0 Å². The van der Waals surface area contributed by atoms with Gasteiger partial charge in [0.25, 0.3) is 0 Å². The van der Waals surface area contributed by atoms with Crippen LogP contribution in [0.2, 0.25) is 6.04 Å². The predicted octanol–water partition coefficient (Wildman–Crippen LogP) is 3.73. The van der Waals surface area contributed by atoms with E-state index < -0.39 is 0 Å². The highest BCUT2D eigenvalue weighted by Gasteiger charge is 1.99. The first-order valence-corrected chi connectivity index (χ1v) is 8.19. The van der Waals surface area contributed by atoms with Gasteiger partial charge in [-0.3, -0.25) is 0 Å². The Morgan fingerprint density at radius 1 is 1.21 bits per heavy atom. The lowest BCUT2D eigenvalue weighted by Crippen LogP contribution is -2.01. The third-order valence-corrected chi connectivity index (χ3v) is 5.23. The van der Waals surface area contributed by atoms with Crippen LogP contribution in [0, 0.1) is 0 Å². The number of benzene rings is 1. The molecule has 0 nitrogen and oxygen atoms in total. The van der Waals surface area contributed by atoms with E-state index in [1.807, 2.05) is 0 Å². The Bertz CT molecular complexity index is 261. The molecular formula is C10H13BrCl2Si. The van der Waals surface area contributed by atoms with Crippen molar-refractivity contribution in [3.8, 4) is 0 Å². The second kappa shape index (κ2) is 6.89. The number of hydrogen-bond acceptors (Lipinski definition) is 0. The van der Waals surface area contributed by atoms with Crippen LogP contribution < -0.4 is 0 Å². The molecule has 1 aromatic rings. The third-order valence-electron chi connectivity index (χ3n) is 2.05. The summed E-state index contributed by atoms with van der Waals surface area (Å²) in [6.07, 6.45) is 2.35. The molecule has 0 bridgehead atoms. The Hall–Kier alpha value is 0.497. The van der Waals surface area contributed by atoms with Crippen LogP contribution in [0.4, 0.5) is 0 Å². The Morgan fingerprint density at radius 3 is 2.43 bits per heavy atom. The van der Waals surface area contributed by atoms with Gasteiger partial charge in [-0.1, -0.05) is 40.5 Å². The maximum absolute atomic E-state index is 5.70. The van der Waals surface area contributed by atoms with Crippen molar-refractivity contribution in [2.75, 3.05) is 0 Å². The standard InChI is InChI=1S/C10H13BrCl2Si/c11-9-5-3-8(4-6-9)2-1-7-14-10(12)13/h3-6,10H,1-2,7,14H2. The summed E-state index contributed by atoms with van der Waals surface area (Å²) in [6.45, 7) is 0. The summed E-state index contributed by atoms with van der Waals surface area (Å²) in [5.74, 6) is 0. The maximum Gasteiger partial charge on any atom is 0.0908 e. The molecule has 0 aliphatic rings. The molecule has 0 aliphatic heterocycles. The second-order valence-corrected chi connectivity index (χ2v) is 8.59. The normalized spacial score (nSPS) is 11.7. The molecule has 0 fully saturated rings. The Balaban J connectivity index is 2.21. The van der Waals surface area contributed by atoms with Gasteiger partial charge >= 0.3 is 0 Å². The van der Waals surface area contributed by atoms with E-state index in [0.29, 0.717) is 0 Å². The van der Waals surface area contributed by atoms with E-state index in [-0.39, 0.29) is 14.0 Å². The van der Waals surface area contributed by atoms with Crippen molar-refractivity contribution >= 4 is 48.7 Å². The number of aryl methyl sites for hydroxylation is 1. The van der Waals surface area contributed by atoms with Crippen LogP contribution in [0.25, 0.3) is 0 Å². The summed E-state index contributed by atoms with van der Waals surface area (Å²) in [4.78, 5) is 0. The Labute approximate surface area is 106 Å². The lowest BCUT2D eigenvalue weighted by Gasteiger charge is -2.02. The molecule has 1 rings (SSSR count). The molecule has 0 amide bonds. The summed E-state index contributed by atoms with van der Waals surface area (Å²) in [5, 5.41) is 0. The van der Waals surface area contributed by atoms with Crippen molar-refractivity contribution in [1.29, 1.82) is 0 Å². The van der Waals surface area contributed by atoms with Crippen molar-refractivity contribution in [1.82, 2.24) is 0 Å². The third kappa shape index (κ3) is 5.40. The molecule has 0 spiro atoms. The summed E-state index contributed by atoms with van der Waals surface area (Å²) in [5.41, 5.74) is 1.39. The molecule has 78 valence electrons. The topological polar surface area (TPSA) is 0 Å².